The van der Waals surface area contributed by atoms with E-state index in [-0.39, 0.29) is 11.7 Å². The molecule has 0 aromatic heterocycles. The van der Waals surface area contributed by atoms with Crippen LogP contribution in [-0.2, 0) is 14.3 Å². The van der Waals surface area contributed by atoms with Gasteiger partial charge >= 0.3 is 5.97 Å². The summed E-state index contributed by atoms with van der Waals surface area (Å²) in [4.78, 5) is 24.3. The summed E-state index contributed by atoms with van der Waals surface area (Å²) in [6.45, 7) is 3.61. The summed E-state index contributed by atoms with van der Waals surface area (Å²) in [7, 11) is 0. The zero-order valence-corrected chi connectivity index (χ0v) is 11.9. The summed E-state index contributed by atoms with van der Waals surface area (Å²) in [5, 5.41) is 9.62. The Morgan fingerprint density at radius 1 is 1.26 bits per heavy atom. The van der Waals surface area contributed by atoms with E-state index < -0.39 is 18.0 Å². The standard InChI is InChI=1S/C14H18O4S/c1-3-11(12(15)13(16)18-4-2)14(17)19-10-8-6-5-7-9-10/h5-9,11-12,15H,3-4H2,1-2H3/t11-,12-/m0/s1. The summed E-state index contributed by atoms with van der Waals surface area (Å²) in [5.41, 5.74) is 0. The van der Waals surface area contributed by atoms with Gasteiger partial charge in [-0.05, 0) is 25.5 Å². The first-order valence-electron chi connectivity index (χ1n) is 6.21. The minimum absolute atomic E-state index is 0.187. The van der Waals surface area contributed by atoms with Gasteiger partial charge in [-0.2, -0.15) is 0 Å². The molecule has 0 fully saturated rings. The minimum atomic E-state index is -1.39. The number of aliphatic hydroxyl groups is 1. The Morgan fingerprint density at radius 3 is 2.42 bits per heavy atom. The average molecular weight is 282 g/mol. The van der Waals surface area contributed by atoms with Crippen molar-refractivity contribution in [2.24, 2.45) is 5.92 Å². The first-order valence-corrected chi connectivity index (χ1v) is 7.03. The molecule has 0 saturated heterocycles. The van der Waals surface area contributed by atoms with Gasteiger partial charge in [0.25, 0.3) is 0 Å². The first kappa shape index (κ1) is 15.7. The van der Waals surface area contributed by atoms with E-state index in [1.165, 1.54) is 0 Å². The second-order valence-electron chi connectivity index (χ2n) is 3.95. The van der Waals surface area contributed by atoms with E-state index >= 15 is 0 Å². The van der Waals surface area contributed by atoms with Gasteiger partial charge < -0.3 is 9.84 Å². The smallest absolute Gasteiger partial charge is 0.335 e. The molecular formula is C14H18O4S. The maximum absolute atomic E-state index is 12.1. The van der Waals surface area contributed by atoms with Gasteiger partial charge in [-0.3, -0.25) is 4.79 Å². The monoisotopic (exact) mass is 282 g/mol. The Hall–Kier alpha value is -1.33. The summed E-state index contributed by atoms with van der Waals surface area (Å²) in [6.07, 6.45) is -1.01. The van der Waals surface area contributed by atoms with Crippen LogP contribution in [0.2, 0.25) is 0 Å². The van der Waals surface area contributed by atoms with Gasteiger partial charge in [-0.25, -0.2) is 4.79 Å². The molecule has 0 amide bonds. The van der Waals surface area contributed by atoms with Crippen molar-refractivity contribution in [1.29, 1.82) is 0 Å². The van der Waals surface area contributed by atoms with E-state index in [4.69, 9.17) is 4.74 Å². The number of thioether (sulfide) groups is 1. The van der Waals surface area contributed by atoms with Crippen LogP contribution in [0.5, 0.6) is 0 Å². The van der Waals surface area contributed by atoms with Gasteiger partial charge in [0.05, 0.1) is 12.5 Å². The first-order chi connectivity index (χ1) is 9.10. The SMILES string of the molecule is CCOC(=O)[C@@H](O)[C@H](CC)C(=O)Sc1ccccc1. The molecule has 0 bridgehead atoms. The van der Waals surface area contributed by atoms with Gasteiger partial charge in [0, 0.05) is 4.90 Å². The van der Waals surface area contributed by atoms with Gasteiger partial charge in [-0.1, -0.05) is 36.9 Å². The van der Waals surface area contributed by atoms with Gasteiger partial charge in [0.15, 0.2) is 11.2 Å². The number of rotatable bonds is 6. The molecule has 1 aromatic rings. The fourth-order valence-corrected chi connectivity index (χ4v) is 2.56. The van der Waals surface area contributed by atoms with E-state index in [0.29, 0.717) is 6.42 Å². The van der Waals surface area contributed by atoms with E-state index in [1.54, 1.807) is 13.8 Å². The number of benzene rings is 1. The molecule has 19 heavy (non-hydrogen) atoms. The number of carbonyl (C=O) groups is 2. The van der Waals surface area contributed by atoms with Crippen molar-refractivity contribution in [3.05, 3.63) is 30.3 Å². The number of hydrogen-bond donors (Lipinski definition) is 1. The van der Waals surface area contributed by atoms with Crippen LogP contribution in [0, 0.1) is 5.92 Å². The van der Waals surface area contributed by atoms with Crippen LogP contribution >= 0.6 is 11.8 Å². The Bertz CT molecular complexity index is 419. The zero-order chi connectivity index (χ0) is 14.3. The molecule has 0 aliphatic rings. The van der Waals surface area contributed by atoms with Crippen molar-refractivity contribution in [2.45, 2.75) is 31.3 Å². The minimum Gasteiger partial charge on any atom is -0.464 e. The van der Waals surface area contributed by atoms with Crippen molar-refractivity contribution in [3.8, 4) is 0 Å². The molecule has 0 unspecified atom stereocenters. The van der Waals surface area contributed by atoms with Crippen LogP contribution in [0.1, 0.15) is 20.3 Å². The topological polar surface area (TPSA) is 63.6 Å². The third-order valence-electron chi connectivity index (χ3n) is 2.61. The second kappa shape index (κ2) is 7.96. The van der Waals surface area contributed by atoms with Crippen LogP contribution in [0.4, 0.5) is 0 Å². The lowest BCUT2D eigenvalue weighted by Crippen LogP contribution is -2.34. The molecule has 0 aliphatic heterocycles. The molecular weight excluding hydrogens is 264 g/mol. The number of aliphatic hydroxyl groups excluding tert-OH is 1. The number of ether oxygens (including phenoxy) is 1. The molecule has 0 spiro atoms. The summed E-state index contributed by atoms with van der Waals surface area (Å²) in [5.74, 6) is -1.49. The average Bonchev–Trinajstić information content (AvgIpc) is 2.40. The van der Waals surface area contributed by atoms with Gasteiger partial charge in [0.1, 0.15) is 0 Å². The lowest BCUT2D eigenvalue weighted by Gasteiger charge is -2.18. The molecule has 5 heteroatoms. The van der Waals surface area contributed by atoms with Crippen molar-refractivity contribution >= 4 is 22.8 Å². The molecule has 0 aliphatic carbocycles. The number of esters is 1. The highest BCUT2D eigenvalue weighted by molar-refractivity contribution is 8.13. The largest absolute Gasteiger partial charge is 0.464 e. The number of hydrogen-bond acceptors (Lipinski definition) is 5. The lowest BCUT2D eigenvalue weighted by molar-refractivity contribution is -0.157. The zero-order valence-electron chi connectivity index (χ0n) is 11.0. The molecule has 1 rings (SSSR count). The maximum atomic E-state index is 12.1. The predicted octanol–water partition coefficient (Wildman–Crippen LogP) is 2.26. The van der Waals surface area contributed by atoms with Crippen molar-refractivity contribution in [1.82, 2.24) is 0 Å². The molecule has 104 valence electrons. The van der Waals surface area contributed by atoms with Gasteiger partial charge in [0.2, 0.25) is 0 Å². The quantitative estimate of drug-likeness (QED) is 0.640. The highest BCUT2D eigenvalue weighted by Crippen LogP contribution is 2.25. The van der Waals surface area contributed by atoms with Crippen LogP contribution < -0.4 is 0 Å². The summed E-state index contributed by atoms with van der Waals surface area (Å²) < 4.78 is 4.74. The third-order valence-corrected chi connectivity index (χ3v) is 3.63. The van der Waals surface area contributed by atoms with E-state index in [2.05, 4.69) is 0 Å². The Kier molecular flexibility index (Phi) is 6.59. The molecule has 0 radical (unpaired) electrons. The lowest BCUT2D eigenvalue weighted by atomic mass is 10.0. The van der Waals surface area contributed by atoms with Crippen LogP contribution in [-0.4, -0.2) is 28.9 Å². The van der Waals surface area contributed by atoms with Crippen molar-refractivity contribution < 1.29 is 19.4 Å². The van der Waals surface area contributed by atoms with Crippen LogP contribution in [0.25, 0.3) is 0 Å². The third kappa shape index (κ3) is 4.69. The second-order valence-corrected chi connectivity index (χ2v) is 5.02. The van der Waals surface area contributed by atoms with E-state index in [1.807, 2.05) is 30.3 Å². The Balaban J connectivity index is 2.69. The highest BCUT2D eigenvalue weighted by atomic mass is 32.2. The van der Waals surface area contributed by atoms with E-state index in [0.717, 1.165) is 16.7 Å². The number of carbonyl (C=O) groups excluding carboxylic acids is 2. The van der Waals surface area contributed by atoms with Crippen LogP contribution in [0.3, 0.4) is 0 Å². The van der Waals surface area contributed by atoms with Crippen LogP contribution in [0.15, 0.2) is 35.2 Å². The maximum Gasteiger partial charge on any atom is 0.335 e. The van der Waals surface area contributed by atoms with Crippen molar-refractivity contribution in [3.63, 3.8) is 0 Å². The van der Waals surface area contributed by atoms with Gasteiger partial charge in [-0.15, -0.1) is 0 Å². The predicted molar refractivity (Wildman–Crippen MR) is 73.7 cm³/mol. The van der Waals surface area contributed by atoms with E-state index in [9.17, 15) is 14.7 Å². The molecule has 0 heterocycles. The Morgan fingerprint density at radius 2 is 1.89 bits per heavy atom. The highest BCUT2D eigenvalue weighted by Gasteiger charge is 2.32. The molecule has 1 N–H and O–H groups in total. The fraction of sp³-hybridized carbons (Fsp3) is 0.429. The molecule has 4 nitrogen and oxygen atoms in total. The van der Waals surface area contributed by atoms with Crippen molar-refractivity contribution in [2.75, 3.05) is 6.61 Å². The Labute approximate surface area is 117 Å². The molecule has 2 atom stereocenters. The summed E-state index contributed by atoms with van der Waals surface area (Å²) in [6, 6.07) is 9.15. The normalized spacial score (nSPS) is 13.6. The molecule has 0 saturated carbocycles. The fourth-order valence-electron chi connectivity index (χ4n) is 1.59. The molecule has 1 aromatic carbocycles. The summed E-state index contributed by atoms with van der Waals surface area (Å²) >= 11 is 1.03.